The summed E-state index contributed by atoms with van der Waals surface area (Å²) >= 11 is 11.5. The molecule has 1 amide bonds. The maximum Gasteiger partial charge on any atom is 0.251 e. The van der Waals surface area contributed by atoms with E-state index >= 15 is 0 Å². The number of carbonyl (C=O) groups is 1. The summed E-state index contributed by atoms with van der Waals surface area (Å²) in [6, 6.07) is 0. The van der Waals surface area contributed by atoms with E-state index in [2.05, 4.69) is 6.58 Å². The van der Waals surface area contributed by atoms with E-state index in [1.807, 2.05) is 0 Å². The maximum atomic E-state index is 10.9. The number of halogens is 2. The van der Waals surface area contributed by atoms with E-state index in [1.165, 1.54) is 0 Å². The highest BCUT2D eigenvalue weighted by molar-refractivity contribution is 6.39. The second-order valence-electron chi connectivity index (χ2n) is 2.27. The molecule has 0 aliphatic heterocycles. The lowest BCUT2D eigenvalue weighted by molar-refractivity contribution is -0.114. The molecule has 0 saturated carbocycles. The molecule has 0 unspecified atom stereocenters. The zero-order valence-electron chi connectivity index (χ0n) is 7.31. The SMILES string of the molecule is C=CC/C(Cl)=C(C(N)=O)\C(Cl)=C/C. The molecular weight excluding hydrogens is 209 g/mol. The van der Waals surface area contributed by atoms with E-state index in [0.29, 0.717) is 11.5 Å². The summed E-state index contributed by atoms with van der Waals surface area (Å²) in [5.74, 6) is -0.630. The van der Waals surface area contributed by atoms with Crippen LogP contribution in [0.2, 0.25) is 0 Å². The van der Waals surface area contributed by atoms with Gasteiger partial charge >= 0.3 is 0 Å². The molecule has 2 nitrogen and oxygen atoms in total. The number of hydrogen-bond acceptors (Lipinski definition) is 1. The molecule has 0 atom stereocenters. The van der Waals surface area contributed by atoms with Gasteiger partial charge in [0.05, 0.1) is 10.6 Å². The summed E-state index contributed by atoms with van der Waals surface area (Å²) in [7, 11) is 0. The summed E-state index contributed by atoms with van der Waals surface area (Å²) in [4.78, 5) is 10.9. The molecule has 0 bridgehead atoms. The van der Waals surface area contributed by atoms with Crippen molar-refractivity contribution in [2.75, 3.05) is 0 Å². The molecule has 13 heavy (non-hydrogen) atoms. The normalized spacial score (nSPS) is 13.6. The van der Waals surface area contributed by atoms with Crippen molar-refractivity contribution in [2.24, 2.45) is 5.73 Å². The minimum absolute atomic E-state index is 0.158. The molecule has 0 aromatic rings. The van der Waals surface area contributed by atoms with Crippen LogP contribution in [0.5, 0.6) is 0 Å². The highest BCUT2D eigenvalue weighted by atomic mass is 35.5. The third-order valence-corrected chi connectivity index (χ3v) is 2.08. The number of primary amides is 1. The van der Waals surface area contributed by atoms with Crippen LogP contribution in [0.25, 0.3) is 0 Å². The molecule has 4 heteroatoms. The van der Waals surface area contributed by atoms with Crippen molar-refractivity contribution in [3.8, 4) is 0 Å². The molecule has 2 N–H and O–H groups in total. The first-order chi connectivity index (χ1) is 6.04. The van der Waals surface area contributed by atoms with E-state index < -0.39 is 5.91 Å². The highest BCUT2D eigenvalue weighted by Crippen LogP contribution is 2.23. The molecule has 72 valence electrons. The Morgan fingerprint density at radius 3 is 2.38 bits per heavy atom. The second kappa shape index (κ2) is 5.84. The minimum Gasteiger partial charge on any atom is -0.366 e. The van der Waals surface area contributed by atoms with Crippen LogP contribution in [0.1, 0.15) is 13.3 Å². The van der Waals surface area contributed by atoms with E-state index in [0.717, 1.165) is 0 Å². The Kier molecular flexibility index (Phi) is 5.51. The van der Waals surface area contributed by atoms with Gasteiger partial charge < -0.3 is 5.73 Å². The van der Waals surface area contributed by atoms with Crippen molar-refractivity contribution in [1.82, 2.24) is 0 Å². The Balaban J connectivity index is 5.11. The van der Waals surface area contributed by atoms with Crippen molar-refractivity contribution in [3.63, 3.8) is 0 Å². The summed E-state index contributed by atoms with van der Waals surface area (Å²) in [5, 5.41) is 0.574. The predicted molar refractivity (Wildman–Crippen MR) is 56.5 cm³/mol. The Morgan fingerprint density at radius 2 is 2.08 bits per heavy atom. The van der Waals surface area contributed by atoms with Gasteiger partial charge in [0, 0.05) is 11.5 Å². The summed E-state index contributed by atoms with van der Waals surface area (Å²) in [5.41, 5.74) is 5.26. The quantitative estimate of drug-likeness (QED) is 0.441. The van der Waals surface area contributed by atoms with Gasteiger partial charge in [0.15, 0.2) is 0 Å². The van der Waals surface area contributed by atoms with Crippen LogP contribution in [0.15, 0.2) is 34.4 Å². The average Bonchev–Trinajstić information content (AvgIpc) is 2.04. The predicted octanol–water partition coefficient (Wildman–Crippen LogP) is 2.68. The molecule has 0 fully saturated rings. The third kappa shape index (κ3) is 3.66. The van der Waals surface area contributed by atoms with Crippen LogP contribution in [-0.2, 0) is 4.79 Å². The van der Waals surface area contributed by atoms with E-state index in [1.54, 1.807) is 19.1 Å². The Hall–Kier alpha value is -0.730. The van der Waals surface area contributed by atoms with E-state index in [-0.39, 0.29) is 10.6 Å². The molecule has 0 spiro atoms. The van der Waals surface area contributed by atoms with Crippen LogP contribution in [-0.4, -0.2) is 5.91 Å². The fourth-order valence-electron chi connectivity index (χ4n) is 0.754. The zero-order valence-corrected chi connectivity index (χ0v) is 8.82. The van der Waals surface area contributed by atoms with Crippen LogP contribution in [0.4, 0.5) is 0 Å². The van der Waals surface area contributed by atoms with Gasteiger partial charge in [-0.1, -0.05) is 35.4 Å². The fraction of sp³-hybridized carbons (Fsp3) is 0.222. The van der Waals surface area contributed by atoms with Gasteiger partial charge in [-0.05, 0) is 6.92 Å². The Morgan fingerprint density at radius 1 is 1.54 bits per heavy atom. The third-order valence-electron chi connectivity index (χ3n) is 1.33. The van der Waals surface area contributed by atoms with Gasteiger partial charge in [-0.3, -0.25) is 4.79 Å². The van der Waals surface area contributed by atoms with E-state index in [9.17, 15) is 4.79 Å². The van der Waals surface area contributed by atoms with Crippen molar-refractivity contribution in [3.05, 3.63) is 34.4 Å². The van der Waals surface area contributed by atoms with Crippen LogP contribution in [0, 0.1) is 0 Å². The van der Waals surface area contributed by atoms with Crippen molar-refractivity contribution in [2.45, 2.75) is 13.3 Å². The number of hydrogen-bond donors (Lipinski definition) is 1. The van der Waals surface area contributed by atoms with Gasteiger partial charge in [-0.15, -0.1) is 6.58 Å². The maximum absolute atomic E-state index is 10.9. The largest absolute Gasteiger partial charge is 0.366 e. The van der Waals surface area contributed by atoms with Gasteiger partial charge in [-0.2, -0.15) is 0 Å². The lowest BCUT2D eigenvalue weighted by Gasteiger charge is -2.03. The van der Waals surface area contributed by atoms with Gasteiger partial charge in [0.2, 0.25) is 0 Å². The van der Waals surface area contributed by atoms with Crippen LogP contribution < -0.4 is 5.73 Å². The van der Waals surface area contributed by atoms with Gasteiger partial charge in [-0.25, -0.2) is 0 Å². The summed E-state index contributed by atoms with van der Waals surface area (Å²) < 4.78 is 0. The molecule has 0 aromatic carbocycles. The number of amides is 1. The smallest absolute Gasteiger partial charge is 0.251 e. The van der Waals surface area contributed by atoms with Gasteiger partial charge in [0.25, 0.3) is 5.91 Å². The standard InChI is InChI=1S/C9H11Cl2NO/c1-3-5-7(11)8(9(12)13)6(10)4-2/h3-4H,1,5H2,2H3,(H2,12,13)/b6-4+,8-7-. The van der Waals surface area contributed by atoms with E-state index in [4.69, 9.17) is 28.9 Å². The molecule has 0 heterocycles. The summed E-state index contributed by atoms with van der Waals surface area (Å²) in [6.45, 7) is 5.19. The first-order valence-electron chi connectivity index (χ1n) is 3.66. The number of rotatable bonds is 4. The van der Waals surface area contributed by atoms with Crippen LogP contribution >= 0.6 is 23.2 Å². The Labute approximate surface area is 87.7 Å². The number of nitrogens with two attached hydrogens (primary N) is 1. The first-order valence-corrected chi connectivity index (χ1v) is 4.41. The Bertz CT molecular complexity index is 279. The summed E-state index contributed by atoms with van der Waals surface area (Å²) in [6.07, 6.45) is 3.52. The monoisotopic (exact) mass is 219 g/mol. The zero-order chi connectivity index (χ0) is 10.4. The average molecular weight is 220 g/mol. The highest BCUT2D eigenvalue weighted by Gasteiger charge is 2.12. The molecule has 0 aromatic heterocycles. The van der Waals surface area contributed by atoms with Crippen LogP contribution in [0.3, 0.4) is 0 Å². The number of carbonyl (C=O) groups excluding carboxylic acids is 1. The lowest BCUT2D eigenvalue weighted by Crippen LogP contribution is -2.15. The molecule has 0 radical (unpaired) electrons. The molecule has 0 aliphatic rings. The lowest BCUT2D eigenvalue weighted by atomic mass is 10.2. The molecule has 0 aliphatic carbocycles. The first kappa shape index (κ1) is 12.3. The minimum atomic E-state index is -0.630. The fourth-order valence-corrected chi connectivity index (χ4v) is 1.31. The molecule has 0 saturated heterocycles. The van der Waals surface area contributed by atoms with Gasteiger partial charge in [0.1, 0.15) is 0 Å². The molecular formula is C9H11Cl2NO. The molecule has 0 rings (SSSR count). The van der Waals surface area contributed by atoms with Crippen molar-refractivity contribution in [1.29, 1.82) is 0 Å². The van der Waals surface area contributed by atoms with Crippen molar-refractivity contribution >= 4 is 29.1 Å². The topological polar surface area (TPSA) is 43.1 Å². The number of allylic oxidation sites excluding steroid dienone is 3. The second-order valence-corrected chi connectivity index (χ2v) is 3.14. The van der Waals surface area contributed by atoms with Crippen molar-refractivity contribution < 1.29 is 4.79 Å².